The molecular formula is C15H10ClFN2O. The van der Waals surface area contributed by atoms with E-state index in [9.17, 15) is 4.39 Å². The molecule has 1 heterocycles. The first-order valence-corrected chi connectivity index (χ1v) is 6.38. The maximum atomic E-state index is 13.2. The summed E-state index contributed by atoms with van der Waals surface area (Å²) in [7, 11) is 0. The van der Waals surface area contributed by atoms with Gasteiger partial charge in [0.2, 0.25) is 11.8 Å². The summed E-state index contributed by atoms with van der Waals surface area (Å²) in [6.07, 6.45) is 0. The van der Waals surface area contributed by atoms with E-state index in [0.717, 1.165) is 16.7 Å². The van der Waals surface area contributed by atoms with Gasteiger partial charge in [-0.15, -0.1) is 10.2 Å². The molecule has 2 aromatic carbocycles. The standard InChI is InChI=1S/C15H10ClFN2O/c1-9-18-19-15(20-9)13-5-3-2-4-11(13)12-7-6-10(17)8-14(12)16/h2-8H,1H3. The highest BCUT2D eigenvalue weighted by atomic mass is 35.5. The van der Waals surface area contributed by atoms with Crippen LogP contribution in [0.15, 0.2) is 46.9 Å². The summed E-state index contributed by atoms with van der Waals surface area (Å²) in [4.78, 5) is 0. The lowest BCUT2D eigenvalue weighted by atomic mass is 9.99. The van der Waals surface area contributed by atoms with E-state index < -0.39 is 0 Å². The number of hydrogen-bond donors (Lipinski definition) is 0. The Hall–Kier alpha value is -2.20. The summed E-state index contributed by atoms with van der Waals surface area (Å²) in [6.45, 7) is 1.73. The molecule has 1 aromatic heterocycles. The van der Waals surface area contributed by atoms with Gasteiger partial charge in [-0.2, -0.15) is 0 Å². The van der Waals surface area contributed by atoms with Gasteiger partial charge in [0.1, 0.15) is 5.82 Å². The Bertz CT molecular complexity index is 770. The van der Waals surface area contributed by atoms with Crippen molar-refractivity contribution in [3.8, 4) is 22.6 Å². The van der Waals surface area contributed by atoms with Gasteiger partial charge >= 0.3 is 0 Å². The Morgan fingerprint density at radius 1 is 1.00 bits per heavy atom. The zero-order valence-electron chi connectivity index (χ0n) is 10.6. The molecule has 100 valence electrons. The van der Waals surface area contributed by atoms with Gasteiger partial charge in [0.15, 0.2) is 0 Å². The molecule has 20 heavy (non-hydrogen) atoms. The van der Waals surface area contributed by atoms with Gasteiger partial charge in [0.05, 0.1) is 5.02 Å². The van der Waals surface area contributed by atoms with Crippen LogP contribution in [0.25, 0.3) is 22.6 Å². The predicted octanol–water partition coefficient (Wildman–Crippen LogP) is 4.50. The van der Waals surface area contributed by atoms with Crippen LogP contribution in [0.3, 0.4) is 0 Å². The van der Waals surface area contributed by atoms with Gasteiger partial charge in [-0.05, 0) is 29.8 Å². The van der Waals surface area contributed by atoms with Crippen LogP contribution >= 0.6 is 11.6 Å². The van der Waals surface area contributed by atoms with Crippen LogP contribution in [0, 0.1) is 12.7 Å². The molecule has 0 aliphatic rings. The second-order valence-electron chi connectivity index (χ2n) is 4.30. The fourth-order valence-electron chi connectivity index (χ4n) is 2.02. The molecule has 0 N–H and O–H groups in total. The van der Waals surface area contributed by atoms with Gasteiger partial charge in [0, 0.05) is 18.1 Å². The highest BCUT2D eigenvalue weighted by Crippen LogP contribution is 2.35. The number of benzene rings is 2. The van der Waals surface area contributed by atoms with Gasteiger partial charge < -0.3 is 4.42 Å². The first kappa shape index (κ1) is 12.8. The lowest BCUT2D eigenvalue weighted by molar-refractivity contribution is 0.533. The predicted molar refractivity (Wildman–Crippen MR) is 74.9 cm³/mol. The first-order valence-electron chi connectivity index (χ1n) is 6.00. The number of rotatable bonds is 2. The molecule has 0 aliphatic heterocycles. The number of halogens is 2. The van der Waals surface area contributed by atoms with Crippen molar-refractivity contribution in [2.75, 3.05) is 0 Å². The van der Waals surface area contributed by atoms with Crippen LogP contribution in [0.1, 0.15) is 5.89 Å². The smallest absolute Gasteiger partial charge is 0.248 e. The van der Waals surface area contributed by atoms with Gasteiger partial charge in [-0.25, -0.2) is 4.39 Å². The van der Waals surface area contributed by atoms with Crippen LogP contribution in [0.2, 0.25) is 5.02 Å². The topological polar surface area (TPSA) is 38.9 Å². The van der Waals surface area contributed by atoms with E-state index in [1.54, 1.807) is 13.0 Å². The van der Waals surface area contributed by atoms with Crippen LogP contribution < -0.4 is 0 Å². The van der Waals surface area contributed by atoms with E-state index in [1.165, 1.54) is 12.1 Å². The second-order valence-corrected chi connectivity index (χ2v) is 4.70. The summed E-state index contributed by atoms with van der Waals surface area (Å²) < 4.78 is 18.6. The molecule has 0 spiro atoms. The molecule has 3 rings (SSSR count). The van der Waals surface area contributed by atoms with Gasteiger partial charge in [0.25, 0.3) is 0 Å². The van der Waals surface area contributed by atoms with Crippen molar-refractivity contribution in [1.82, 2.24) is 10.2 Å². The number of nitrogens with zero attached hydrogens (tertiary/aromatic N) is 2. The summed E-state index contributed by atoms with van der Waals surface area (Å²) >= 11 is 6.12. The van der Waals surface area contributed by atoms with E-state index in [-0.39, 0.29) is 5.82 Å². The van der Waals surface area contributed by atoms with E-state index in [0.29, 0.717) is 16.8 Å². The Morgan fingerprint density at radius 3 is 2.40 bits per heavy atom. The van der Waals surface area contributed by atoms with E-state index in [4.69, 9.17) is 16.0 Å². The lowest BCUT2D eigenvalue weighted by Crippen LogP contribution is -1.87. The zero-order chi connectivity index (χ0) is 14.1. The monoisotopic (exact) mass is 288 g/mol. The molecule has 0 unspecified atom stereocenters. The van der Waals surface area contributed by atoms with Crippen molar-refractivity contribution >= 4 is 11.6 Å². The highest BCUT2D eigenvalue weighted by Gasteiger charge is 2.14. The first-order chi connectivity index (χ1) is 9.65. The minimum atomic E-state index is -0.370. The quantitative estimate of drug-likeness (QED) is 0.696. The Labute approximate surface area is 120 Å². The number of hydrogen-bond acceptors (Lipinski definition) is 3. The summed E-state index contributed by atoms with van der Waals surface area (Å²) in [5, 5.41) is 8.18. The van der Waals surface area contributed by atoms with Crippen molar-refractivity contribution in [3.63, 3.8) is 0 Å². The minimum absolute atomic E-state index is 0.341. The van der Waals surface area contributed by atoms with Gasteiger partial charge in [-0.1, -0.05) is 29.8 Å². The van der Waals surface area contributed by atoms with Crippen LogP contribution in [0.5, 0.6) is 0 Å². The molecule has 0 atom stereocenters. The third kappa shape index (κ3) is 2.30. The lowest BCUT2D eigenvalue weighted by Gasteiger charge is -2.08. The Balaban J connectivity index is 2.19. The maximum Gasteiger partial charge on any atom is 0.248 e. The summed E-state index contributed by atoms with van der Waals surface area (Å²) in [5.74, 6) is 0.531. The van der Waals surface area contributed by atoms with E-state index >= 15 is 0 Å². The molecule has 0 fully saturated rings. The average Bonchev–Trinajstić information content (AvgIpc) is 2.85. The van der Waals surface area contributed by atoms with Crippen molar-refractivity contribution in [2.24, 2.45) is 0 Å². The normalized spacial score (nSPS) is 10.8. The van der Waals surface area contributed by atoms with Crippen molar-refractivity contribution in [1.29, 1.82) is 0 Å². The van der Waals surface area contributed by atoms with E-state index in [2.05, 4.69) is 10.2 Å². The van der Waals surface area contributed by atoms with Crippen LogP contribution in [-0.4, -0.2) is 10.2 Å². The Kier molecular flexibility index (Phi) is 3.24. The third-order valence-corrected chi connectivity index (χ3v) is 3.22. The fraction of sp³-hybridized carbons (Fsp3) is 0.0667. The second kappa shape index (κ2) is 5.06. The largest absolute Gasteiger partial charge is 0.421 e. The molecule has 3 nitrogen and oxygen atoms in total. The molecule has 0 amide bonds. The molecule has 0 saturated heterocycles. The Morgan fingerprint density at radius 2 is 1.75 bits per heavy atom. The van der Waals surface area contributed by atoms with Crippen LogP contribution in [-0.2, 0) is 0 Å². The average molecular weight is 289 g/mol. The molecule has 5 heteroatoms. The molecule has 0 aliphatic carbocycles. The van der Waals surface area contributed by atoms with Crippen LogP contribution in [0.4, 0.5) is 4.39 Å². The van der Waals surface area contributed by atoms with E-state index in [1.807, 2.05) is 24.3 Å². The van der Waals surface area contributed by atoms with Crippen molar-refractivity contribution < 1.29 is 8.81 Å². The molecule has 0 saturated carbocycles. The number of aromatic nitrogens is 2. The third-order valence-electron chi connectivity index (χ3n) is 2.90. The van der Waals surface area contributed by atoms with Crippen molar-refractivity contribution in [2.45, 2.75) is 6.92 Å². The zero-order valence-corrected chi connectivity index (χ0v) is 11.4. The van der Waals surface area contributed by atoms with Crippen molar-refractivity contribution in [3.05, 3.63) is 59.2 Å². The molecule has 0 bridgehead atoms. The SMILES string of the molecule is Cc1nnc(-c2ccccc2-c2ccc(F)cc2Cl)o1. The molecular weight excluding hydrogens is 279 g/mol. The fourth-order valence-corrected chi connectivity index (χ4v) is 2.29. The molecule has 0 radical (unpaired) electrons. The highest BCUT2D eigenvalue weighted by molar-refractivity contribution is 6.33. The number of aryl methyl sites for hydroxylation is 1. The molecule has 3 aromatic rings. The van der Waals surface area contributed by atoms with Gasteiger partial charge in [-0.3, -0.25) is 0 Å². The minimum Gasteiger partial charge on any atom is -0.421 e. The summed E-state index contributed by atoms with van der Waals surface area (Å²) in [5.41, 5.74) is 2.31. The summed E-state index contributed by atoms with van der Waals surface area (Å²) in [6, 6.07) is 11.8. The maximum absolute atomic E-state index is 13.2.